The number of hydrogen-bond donors (Lipinski definition) is 2. The second kappa shape index (κ2) is 10.2. The molecule has 11 heteroatoms. The Labute approximate surface area is 223 Å². The number of ether oxygens (including phenoxy) is 1. The number of thiophene rings is 1. The molecule has 0 atom stereocenters. The topological polar surface area (TPSA) is 93.2 Å². The number of nitrogens with one attached hydrogen (secondary N) is 2. The van der Waals surface area contributed by atoms with Gasteiger partial charge in [0, 0.05) is 20.7 Å². The second-order valence-corrected chi connectivity index (χ2v) is 10.3. The molecule has 0 spiro atoms. The molecule has 2 N–H and O–H groups in total. The first-order valence-electron chi connectivity index (χ1n) is 10.5. The number of benzene rings is 3. The average molecular weight is 555 g/mol. The van der Waals surface area contributed by atoms with Gasteiger partial charge in [-0.15, -0.1) is 21.5 Å². The number of carbonyl (C=O) groups excluding carboxylic acids is 2. The molecule has 36 heavy (non-hydrogen) atoms. The van der Waals surface area contributed by atoms with Gasteiger partial charge < -0.3 is 10.1 Å². The van der Waals surface area contributed by atoms with Gasteiger partial charge in [0.2, 0.25) is 5.13 Å². The van der Waals surface area contributed by atoms with Gasteiger partial charge in [0.15, 0.2) is 0 Å². The molecule has 5 aromatic rings. The molecule has 2 heterocycles. The Morgan fingerprint density at radius 3 is 2.44 bits per heavy atom. The van der Waals surface area contributed by atoms with Crippen molar-refractivity contribution in [3.8, 4) is 16.3 Å². The van der Waals surface area contributed by atoms with Crippen molar-refractivity contribution < 1.29 is 14.3 Å². The molecule has 5 rings (SSSR count). The van der Waals surface area contributed by atoms with Gasteiger partial charge in [0.1, 0.15) is 15.6 Å². The summed E-state index contributed by atoms with van der Waals surface area (Å²) in [5.74, 6) is -0.121. The van der Waals surface area contributed by atoms with E-state index in [1.165, 1.54) is 22.7 Å². The van der Waals surface area contributed by atoms with Crippen LogP contribution < -0.4 is 15.4 Å². The van der Waals surface area contributed by atoms with E-state index in [4.69, 9.17) is 27.9 Å². The van der Waals surface area contributed by atoms with Gasteiger partial charge in [-0.2, -0.15) is 0 Å². The molecule has 0 aliphatic rings. The van der Waals surface area contributed by atoms with Crippen LogP contribution in [0.15, 0.2) is 66.7 Å². The summed E-state index contributed by atoms with van der Waals surface area (Å²) in [6.07, 6.45) is 0. The van der Waals surface area contributed by atoms with Crippen LogP contribution in [0.1, 0.15) is 20.0 Å². The fraction of sp³-hybridized carbons (Fsp3) is 0.0400. The Morgan fingerprint density at radius 1 is 0.889 bits per heavy atom. The van der Waals surface area contributed by atoms with E-state index in [0.717, 1.165) is 21.4 Å². The van der Waals surface area contributed by atoms with Gasteiger partial charge in [-0.1, -0.05) is 52.7 Å². The summed E-state index contributed by atoms with van der Waals surface area (Å²) in [4.78, 5) is 26.4. The smallest absolute Gasteiger partial charge is 0.267 e. The number of anilines is 2. The van der Waals surface area contributed by atoms with Gasteiger partial charge in [-0.05, 0) is 48.5 Å². The van der Waals surface area contributed by atoms with Gasteiger partial charge in [0.05, 0.1) is 23.4 Å². The maximum atomic E-state index is 13.0. The number of methoxy groups -OCH3 is 1. The lowest BCUT2D eigenvalue weighted by Gasteiger charge is -2.10. The Balaban J connectivity index is 1.34. The molecule has 0 saturated carbocycles. The molecule has 0 aliphatic carbocycles. The zero-order valence-electron chi connectivity index (χ0n) is 18.5. The molecule has 0 unspecified atom stereocenters. The van der Waals surface area contributed by atoms with Gasteiger partial charge in [0.25, 0.3) is 11.8 Å². The largest absolute Gasteiger partial charge is 0.497 e. The molecular weight excluding hydrogens is 539 g/mol. The zero-order chi connectivity index (χ0) is 25.2. The number of rotatable bonds is 6. The quantitative estimate of drug-likeness (QED) is 0.230. The second-order valence-electron chi connectivity index (χ2n) is 7.48. The Kier molecular flexibility index (Phi) is 6.88. The van der Waals surface area contributed by atoms with E-state index < -0.39 is 11.8 Å². The third-order valence-electron chi connectivity index (χ3n) is 5.20. The van der Waals surface area contributed by atoms with Crippen molar-refractivity contribution in [3.05, 3.63) is 87.2 Å². The molecule has 2 amide bonds. The number of halogens is 2. The van der Waals surface area contributed by atoms with E-state index in [0.29, 0.717) is 30.7 Å². The first-order chi connectivity index (χ1) is 17.4. The van der Waals surface area contributed by atoms with E-state index in [9.17, 15) is 9.59 Å². The lowest BCUT2D eigenvalue weighted by atomic mass is 10.1. The van der Waals surface area contributed by atoms with Crippen LogP contribution in [0.2, 0.25) is 10.0 Å². The summed E-state index contributed by atoms with van der Waals surface area (Å²) < 4.78 is 5.97. The predicted octanol–water partition coefficient (Wildman–Crippen LogP) is 7.24. The molecule has 7 nitrogen and oxygen atoms in total. The fourth-order valence-corrected chi connectivity index (χ4v) is 5.88. The SMILES string of the molecule is COc1ccc(-c2nnc(NC(=O)c3ccccc3NC(=O)c3sc4cc(Cl)ccc4c3Cl)s2)cc1. The van der Waals surface area contributed by atoms with Crippen molar-refractivity contribution in [2.24, 2.45) is 0 Å². The molecule has 0 bridgehead atoms. The third-order valence-corrected chi connectivity index (χ3v) is 7.98. The van der Waals surface area contributed by atoms with Crippen molar-refractivity contribution in [2.75, 3.05) is 17.7 Å². The summed E-state index contributed by atoms with van der Waals surface area (Å²) in [7, 11) is 1.60. The number of nitrogens with zero attached hydrogens (tertiary/aromatic N) is 2. The normalized spacial score (nSPS) is 10.9. The molecule has 3 aromatic carbocycles. The summed E-state index contributed by atoms with van der Waals surface area (Å²) >= 11 is 15.0. The monoisotopic (exact) mass is 554 g/mol. The highest BCUT2D eigenvalue weighted by Crippen LogP contribution is 2.37. The van der Waals surface area contributed by atoms with Gasteiger partial charge >= 0.3 is 0 Å². The van der Waals surface area contributed by atoms with Crippen LogP contribution in [0.25, 0.3) is 20.7 Å². The number of para-hydroxylation sites is 1. The number of hydrogen-bond acceptors (Lipinski definition) is 7. The lowest BCUT2D eigenvalue weighted by molar-refractivity contribution is 0.102. The number of carbonyl (C=O) groups is 2. The number of amides is 2. The Hall–Kier alpha value is -3.50. The Morgan fingerprint density at radius 2 is 1.67 bits per heavy atom. The van der Waals surface area contributed by atoms with E-state index in [1.54, 1.807) is 49.6 Å². The molecule has 0 aliphatic heterocycles. The van der Waals surface area contributed by atoms with Crippen molar-refractivity contribution in [3.63, 3.8) is 0 Å². The summed E-state index contributed by atoms with van der Waals surface area (Å²) in [5.41, 5.74) is 1.46. The highest BCUT2D eigenvalue weighted by Gasteiger charge is 2.20. The minimum Gasteiger partial charge on any atom is -0.497 e. The zero-order valence-corrected chi connectivity index (χ0v) is 21.7. The molecule has 0 fully saturated rings. The summed E-state index contributed by atoms with van der Waals surface area (Å²) in [6, 6.07) is 19.3. The van der Waals surface area contributed by atoms with Crippen LogP contribution >= 0.6 is 45.9 Å². The summed E-state index contributed by atoms with van der Waals surface area (Å²) in [6.45, 7) is 0. The maximum Gasteiger partial charge on any atom is 0.267 e. The molecule has 0 radical (unpaired) electrons. The van der Waals surface area contributed by atoms with Crippen LogP contribution in [0, 0.1) is 0 Å². The van der Waals surface area contributed by atoms with Gasteiger partial charge in [-0.3, -0.25) is 14.9 Å². The van der Waals surface area contributed by atoms with Crippen molar-refractivity contribution in [1.82, 2.24) is 10.2 Å². The van der Waals surface area contributed by atoms with Crippen LogP contribution in [-0.4, -0.2) is 29.1 Å². The van der Waals surface area contributed by atoms with Crippen LogP contribution in [-0.2, 0) is 0 Å². The minimum atomic E-state index is -0.433. The highest BCUT2D eigenvalue weighted by atomic mass is 35.5. The minimum absolute atomic E-state index is 0.271. The lowest BCUT2D eigenvalue weighted by Crippen LogP contribution is -2.17. The summed E-state index contributed by atoms with van der Waals surface area (Å²) in [5, 5.41) is 16.4. The van der Waals surface area contributed by atoms with E-state index in [-0.39, 0.29) is 5.56 Å². The van der Waals surface area contributed by atoms with Crippen LogP contribution in [0.5, 0.6) is 5.75 Å². The fourth-order valence-electron chi connectivity index (χ4n) is 3.44. The van der Waals surface area contributed by atoms with Gasteiger partial charge in [-0.25, -0.2) is 0 Å². The van der Waals surface area contributed by atoms with Crippen LogP contribution in [0.3, 0.4) is 0 Å². The highest BCUT2D eigenvalue weighted by molar-refractivity contribution is 7.21. The van der Waals surface area contributed by atoms with Crippen molar-refractivity contribution >= 4 is 78.6 Å². The van der Waals surface area contributed by atoms with Crippen molar-refractivity contribution in [1.29, 1.82) is 0 Å². The van der Waals surface area contributed by atoms with E-state index >= 15 is 0 Å². The van der Waals surface area contributed by atoms with E-state index in [2.05, 4.69) is 20.8 Å². The first-order valence-corrected chi connectivity index (χ1v) is 12.9. The van der Waals surface area contributed by atoms with Crippen molar-refractivity contribution in [2.45, 2.75) is 0 Å². The van der Waals surface area contributed by atoms with E-state index in [1.807, 2.05) is 24.3 Å². The van der Waals surface area contributed by atoms with Crippen LogP contribution in [0.4, 0.5) is 10.8 Å². The Bertz CT molecular complexity index is 1600. The number of fused-ring (bicyclic) bond motifs is 1. The molecule has 2 aromatic heterocycles. The predicted molar refractivity (Wildman–Crippen MR) is 146 cm³/mol. The standard InChI is InChI=1S/C25H16Cl2N4O3S2/c1-34-15-9-6-13(7-10-15)24-30-31-25(36-24)29-22(32)16-4-2-3-5-18(16)28-23(33)21-20(27)17-11-8-14(26)12-19(17)35-21/h2-12H,1H3,(H,28,33)(H,29,31,32). The third kappa shape index (κ3) is 4.91. The number of aromatic nitrogens is 2. The molecule has 0 saturated heterocycles. The average Bonchev–Trinajstić information content (AvgIpc) is 3.48. The molecule has 180 valence electrons. The maximum absolute atomic E-state index is 13.0. The molecular formula is C25H16Cl2N4O3S2. The first kappa shape index (κ1) is 24.2.